The van der Waals surface area contributed by atoms with Crippen molar-refractivity contribution < 1.29 is 69.5 Å². The summed E-state index contributed by atoms with van der Waals surface area (Å²) in [7, 11) is -4.12. The Kier molecular flexibility index (Phi) is 24.6. The predicted molar refractivity (Wildman–Crippen MR) is 114 cm³/mol. The van der Waals surface area contributed by atoms with Crippen LogP contribution in [0.2, 0.25) is 0 Å². The fourth-order valence-corrected chi connectivity index (χ4v) is 4.53. The van der Waals surface area contributed by atoms with Gasteiger partial charge in [-0.15, -0.1) is 0 Å². The van der Waals surface area contributed by atoms with Gasteiger partial charge in [0.1, 0.15) is 0 Å². The molecular weight excluding hydrogens is 399 g/mol. The Morgan fingerprint density at radius 3 is 1.39 bits per heavy atom. The van der Waals surface area contributed by atoms with Gasteiger partial charge in [0, 0.05) is 5.25 Å². The number of hydrogen-bond donors (Lipinski definition) is 1. The van der Waals surface area contributed by atoms with E-state index in [4.69, 9.17) is 0 Å². The first-order chi connectivity index (χ1) is 12.9. The molecule has 164 valence electrons. The minimum Gasteiger partial charge on any atom is -0.748 e. The van der Waals surface area contributed by atoms with E-state index in [0.29, 0.717) is 12.8 Å². The van der Waals surface area contributed by atoms with Crippen LogP contribution in [0, 0.1) is 0 Å². The van der Waals surface area contributed by atoms with Crippen molar-refractivity contribution >= 4 is 10.1 Å². The van der Waals surface area contributed by atoms with E-state index in [1.807, 2.05) is 0 Å². The van der Waals surface area contributed by atoms with Crippen LogP contribution < -0.4 is 51.4 Å². The molecule has 0 aliphatic carbocycles. The maximum Gasteiger partial charge on any atom is 1.00 e. The summed E-state index contributed by atoms with van der Waals surface area (Å²) in [6.07, 6.45) is 19.3. The Morgan fingerprint density at radius 2 is 1.04 bits per heavy atom. The topological polar surface area (TPSA) is 77.4 Å². The number of aliphatic hydroxyl groups is 1. The summed E-state index contributed by atoms with van der Waals surface area (Å²) in [6, 6.07) is 0. The maximum atomic E-state index is 11.0. The summed E-state index contributed by atoms with van der Waals surface area (Å²) in [4.78, 5) is 0. The Bertz CT molecular complexity index is 415. The molecule has 28 heavy (non-hydrogen) atoms. The molecule has 0 aromatic rings. The third-order valence-corrected chi connectivity index (χ3v) is 6.95. The van der Waals surface area contributed by atoms with E-state index in [9.17, 15) is 18.1 Å². The van der Waals surface area contributed by atoms with Crippen molar-refractivity contribution in [1.29, 1.82) is 0 Å². The van der Waals surface area contributed by atoms with Gasteiger partial charge in [-0.3, -0.25) is 0 Å². The van der Waals surface area contributed by atoms with Gasteiger partial charge in [-0.25, -0.2) is 8.42 Å². The molecule has 0 rings (SSSR count). The van der Waals surface area contributed by atoms with Crippen molar-refractivity contribution in [2.45, 2.75) is 141 Å². The van der Waals surface area contributed by atoms with Crippen LogP contribution in [-0.4, -0.2) is 29.4 Å². The zero-order valence-corrected chi connectivity index (χ0v) is 22.9. The molecule has 4 nitrogen and oxygen atoms in total. The molecule has 0 aliphatic heterocycles. The predicted octanol–water partition coefficient (Wildman–Crippen LogP) is 3.33. The number of hydrogen-bond acceptors (Lipinski definition) is 4. The molecule has 6 heteroatoms. The first-order valence-corrected chi connectivity index (χ1v) is 13.0. The second-order valence-electron chi connectivity index (χ2n) is 8.14. The molecule has 0 saturated carbocycles. The van der Waals surface area contributed by atoms with Gasteiger partial charge in [0.2, 0.25) is 0 Å². The van der Waals surface area contributed by atoms with Gasteiger partial charge in [-0.2, -0.15) is 0 Å². The smallest absolute Gasteiger partial charge is 0.748 e. The van der Waals surface area contributed by atoms with Gasteiger partial charge >= 0.3 is 51.4 Å². The second kappa shape index (κ2) is 21.7. The second-order valence-corrected chi connectivity index (χ2v) is 9.79. The number of rotatable bonds is 20. The van der Waals surface area contributed by atoms with E-state index < -0.39 is 15.4 Å². The van der Waals surface area contributed by atoms with Gasteiger partial charge < -0.3 is 9.66 Å². The van der Waals surface area contributed by atoms with E-state index >= 15 is 0 Å². The van der Waals surface area contributed by atoms with Crippen LogP contribution in [0.3, 0.4) is 0 Å². The fraction of sp³-hybridized carbons (Fsp3) is 1.00. The van der Waals surface area contributed by atoms with Crippen molar-refractivity contribution in [1.82, 2.24) is 0 Å². The molecular formula is C22H45KO4S. The Morgan fingerprint density at radius 1 is 0.679 bits per heavy atom. The Balaban J connectivity index is 0. The monoisotopic (exact) mass is 444 g/mol. The maximum absolute atomic E-state index is 11.0. The normalized spacial score (nSPS) is 13.9. The molecule has 0 fully saturated rings. The van der Waals surface area contributed by atoms with Crippen molar-refractivity contribution in [3.63, 3.8) is 0 Å². The molecule has 0 heterocycles. The summed E-state index contributed by atoms with van der Waals surface area (Å²) in [5, 5.41) is 9.34. The minimum atomic E-state index is -4.12. The fourth-order valence-electron chi connectivity index (χ4n) is 3.67. The Labute approximate surface area is 218 Å². The summed E-state index contributed by atoms with van der Waals surface area (Å²) < 4.78 is 33.1. The molecule has 2 atom stereocenters. The summed E-state index contributed by atoms with van der Waals surface area (Å²) in [6.45, 7) is 4.01. The molecule has 0 radical (unpaired) electrons. The van der Waals surface area contributed by atoms with Crippen LogP contribution in [-0.2, 0) is 10.1 Å². The van der Waals surface area contributed by atoms with Gasteiger partial charge in [0.15, 0.2) is 0 Å². The molecule has 0 aromatic carbocycles. The van der Waals surface area contributed by atoms with Gasteiger partial charge in [0.25, 0.3) is 0 Å². The average molecular weight is 445 g/mol. The molecule has 0 saturated heterocycles. The zero-order valence-electron chi connectivity index (χ0n) is 19.0. The third-order valence-electron chi connectivity index (χ3n) is 5.57. The van der Waals surface area contributed by atoms with E-state index in [1.165, 1.54) is 44.9 Å². The van der Waals surface area contributed by atoms with Crippen molar-refractivity contribution in [2.24, 2.45) is 0 Å². The van der Waals surface area contributed by atoms with Crippen molar-refractivity contribution in [3.8, 4) is 0 Å². The molecule has 0 aromatic heterocycles. The van der Waals surface area contributed by atoms with E-state index in [2.05, 4.69) is 6.92 Å². The zero-order chi connectivity index (χ0) is 20.4. The largest absolute Gasteiger partial charge is 1.00 e. The van der Waals surface area contributed by atoms with Gasteiger partial charge in [0.05, 0.1) is 16.2 Å². The Hall–Kier alpha value is 1.51. The average Bonchev–Trinajstić information content (AvgIpc) is 2.61. The van der Waals surface area contributed by atoms with Crippen LogP contribution in [0.15, 0.2) is 0 Å². The minimum absolute atomic E-state index is 0. The van der Waals surface area contributed by atoms with Crippen LogP contribution in [0.25, 0.3) is 0 Å². The van der Waals surface area contributed by atoms with Crippen molar-refractivity contribution in [3.05, 3.63) is 0 Å². The molecule has 2 unspecified atom stereocenters. The quantitative estimate of drug-likeness (QED) is 0.177. The van der Waals surface area contributed by atoms with Gasteiger partial charge in [-0.1, -0.05) is 104 Å². The number of aliphatic hydroxyl groups excluding tert-OH is 1. The molecule has 0 bridgehead atoms. The molecule has 1 N–H and O–H groups in total. The first-order valence-electron chi connectivity index (χ1n) is 11.5. The van der Waals surface area contributed by atoms with E-state index in [-0.39, 0.29) is 57.5 Å². The molecule has 0 aliphatic rings. The third kappa shape index (κ3) is 20.8. The standard InChI is InChI=1S/C22H46O4S.K/c1-3-5-6-7-8-9-12-15-18-21(23)19-16-13-10-11-14-17-20-22(4-2)27(24,25)26;/h21-23H,3-20H2,1-2H3,(H,24,25,26);/q;+1/p-1. The van der Waals surface area contributed by atoms with Crippen LogP contribution in [0.4, 0.5) is 0 Å². The first kappa shape index (κ1) is 31.7. The number of unbranched alkanes of at least 4 members (excludes halogenated alkanes) is 12. The van der Waals surface area contributed by atoms with E-state index in [0.717, 1.165) is 57.8 Å². The SMILES string of the molecule is CCCCCCCCCCC(O)CCCCCCCCC(CC)S(=O)(=O)[O-].[K+]. The van der Waals surface area contributed by atoms with Gasteiger partial charge in [-0.05, 0) is 25.7 Å². The molecule has 0 spiro atoms. The summed E-state index contributed by atoms with van der Waals surface area (Å²) >= 11 is 0. The van der Waals surface area contributed by atoms with Crippen molar-refractivity contribution in [2.75, 3.05) is 0 Å². The summed E-state index contributed by atoms with van der Waals surface area (Å²) in [5.74, 6) is 0. The van der Waals surface area contributed by atoms with Crippen LogP contribution >= 0.6 is 0 Å². The van der Waals surface area contributed by atoms with Crippen LogP contribution in [0.5, 0.6) is 0 Å². The van der Waals surface area contributed by atoms with E-state index in [1.54, 1.807) is 6.92 Å². The molecule has 0 amide bonds. The van der Waals surface area contributed by atoms with Crippen LogP contribution in [0.1, 0.15) is 129 Å². The summed E-state index contributed by atoms with van der Waals surface area (Å²) in [5.41, 5.74) is 0.